The van der Waals surface area contributed by atoms with Gasteiger partial charge in [0.2, 0.25) is 5.91 Å². The van der Waals surface area contributed by atoms with Gasteiger partial charge in [-0.1, -0.05) is 225 Å². The smallest absolute Gasteiger partial charge is 0.222 e. The van der Waals surface area contributed by atoms with Crippen molar-refractivity contribution >= 4 is 5.91 Å². The number of nitrogens with one attached hydrogen (secondary N) is 1. The summed E-state index contributed by atoms with van der Waals surface area (Å²) < 4.78 is 0. The number of carbonyl (C=O) groups is 1. The van der Waals surface area contributed by atoms with Crippen molar-refractivity contribution < 1.29 is 20.1 Å². The Kier molecular flexibility index (Phi) is 42.1. The maximum atomic E-state index is 12.5. The molecule has 0 aromatic carbocycles. The van der Waals surface area contributed by atoms with Crippen molar-refractivity contribution in [1.29, 1.82) is 0 Å². The summed E-state index contributed by atoms with van der Waals surface area (Å²) in [7, 11) is 0. The predicted octanol–water partition coefficient (Wildman–Crippen LogP) is 13.6. The number of hydrogen-bond donors (Lipinski definition) is 4. The number of allylic oxidation sites excluding steroid dienone is 2. The molecule has 1 amide bonds. The Morgan fingerprint density at radius 1 is 0.462 bits per heavy atom. The van der Waals surface area contributed by atoms with Crippen LogP contribution in [0.3, 0.4) is 0 Å². The van der Waals surface area contributed by atoms with E-state index >= 15 is 0 Å². The zero-order valence-corrected chi connectivity index (χ0v) is 35.2. The molecule has 5 heteroatoms. The van der Waals surface area contributed by atoms with E-state index in [9.17, 15) is 20.1 Å². The van der Waals surface area contributed by atoms with Gasteiger partial charge in [0.15, 0.2) is 0 Å². The molecular formula is C47H93NO4. The highest BCUT2D eigenvalue weighted by Crippen LogP contribution is 2.17. The fourth-order valence-corrected chi connectivity index (χ4v) is 7.46. The van der Waals surface area contributed by atoms with E-state index in [1.165, 1.54) is 193 Å². The van der Waals surface area contributed by atoms with Gasteiger partial charge in [0.05, 0.1) is 31.3 Å². The van der Waals surface area contributed by atoms with Gasteiger partial charge < -0.3 is 20.6 Å². The van der Waals surface area contributed by atoms with Crippen LogP contribution in [0.25, 0.3) is 0 Å². The maximum Gasteiger partial charge on any atom is 0.222 e. The maximum absolute atomic E-state index is 12.5. The Hall–Kier alpha value is -0.910. The Morgan fingerprint density at radius 2 is 0.769 bits per heavy atom. The molecule has 310 valence electrons. The van der Waals surface area contributed by atoms with Gasteiger partial charge in [-0.2, -0.15) is 0 Å². The summed E-state index contributed by atoms with van der Waals surface area (Å²) in [6.07, 6.45) is 50.4. The average Bonchev–Trinajstić information content (AvgIpc) is 3.14. The van der Waals surface area contributed by atoms with Crippen molar-refractivity contribution in [2.24, 2.45) is 0 Å². The highest BCUT2D eigenvalue weighted by molar-refractivity contribution is 5.76. The van der Waals surface area contributed by atoms with Crippen molar-refractivity contribution in [1.82, 2.24) is 5.32 Å². The minimum Gasteiger partial charge on any atom is -0.394 e. The van der Waals surface area contributed by atoms with E-state index in [2.05, 4.69) is 31.3 Å². The molecule has 3 unspecified atom stereocenters. The highest BCUT2D eigenvalue weighted by atomic mass is 16.3. The molecule has 0 aliphatic rings. The third-order valence-electron chi connectivity index (χ3n) is 11.1. The van der Waals surface area contributed by atoms with Crippen molar-refractivity contribution in [2.45, 2.75) is 276 Å². The SMILES string of the molecule is CCCCCCCCCCCC/C=C\CCCCCCCC(O)CC(=O)NC(CO)C(O)CCCCCCCCCCCCCCCCCCCC. The minimum absolute atomic E-state index is 0.0340. The summed E-state index contributed by atoms with van der Waals surface area (Å²) in [4.78, 5) is 12.5. The quantitative estimate of drug-likeness (QED) is 0.0371. The second-order valence-corrected chi connectivity index (χ2v) is 16.4. The zero-order chi connectivity index (χ0) is 38.0. The Bertz CT molecular complexity index is 728. The number of unbranched alkanes of at least 4 members (excludes halogenated alkanes) is 32. The van der Waals surface area contributed by atoms with Gasteiger partial charge in [0.1, 0.15) is 0 Å². The predicted molar refractivity (Wildman–Crippen MR) is 227 cm³/mol. The van der Waals surface area contributed by atoms with Crippen LogP contribution >= 0.6 is 0 Å². The largest absolute Gasteiger partial charge is 0.394 e. The summed E-state index contributed by atoms with van der Waals surface area (Å²) in [5, 5.41) is 33.5. The first-order valence-corrected chi connectivity index (χ1v) is 23.5. The van der Waals surface area contributed by atoms with Crippen LogP contribution in [0.1, 0.15) is 258 Å². The molecule has 52 heavy (non-hydrogen) atoms. The van der Waals surface area contributed by atoms with Gasteiger partial charge in [0, 0.05) is 0 Å². The van der Waals surface area contributed by atoms with Crippen LogP contribution in [0.4, 0.5) is 0 Å². The lowest BCUT2D eigenvalue weighted by molar-refractivity contribution is -0.125. The lowest BCUT2D eigenvalue weighted by Gasteiger charge is -2.23. The fraction of sp³-hybridized carbons (Fsp3) is 0.936. The molecule has 4 N–H and O–H groups in total. The van der Waals surface area contributed by atoms with Crippen LogP contribution < -0.4 is 5.32 Å². The normalized spacial score (nSPS) is 13.6. The topological polar surface area (TPSA) is 89.8 Å². The van der Waals surface area contributed by atoms with Crippen molar-refractivity contribution in [3.63, 3.8) is 0 Å². The Morgan fingerprint density at radius 3 is 1.12 bits per heavy atom. The molecule has 0 aliphatic heterocycles. The second-order valence-electron chi connectivity index (χ2n) is 16.4. The summed E-state index contributed by atoms with van der Waals surface area (Å²) in [5.74, 6) is -0.284. The first-order chi connectivity index (χ1) is 25.5. The van der Waals surface area contributed by atoms with E-state index in [0.29, 0.717) is 12.8 Å². The van der Waals surface area contributed by atoms with Crippen LogP contribution in [0, 0.1) is 0 Å². The molecule has 0 radical (unpaired) electrons. The molecule has 0 saturated heterocycles. The van der Waals surface area contributed by atoms with E-state index < -0.39 is 18.2 Å². The van der Waals surface area contributed by atoms with Crippen molar-refractivity contribution in [3.8, 4) is 0 Å². The molecule has 0 saturated carbocycles. The number of amides is 1. The van der Waals surface area contributed by atoms with E-state index in [1.807, 2.05) is 0 Å². The van der Waals surface area contributed by atoms with Crippen molar-refractivity contribution in [3.05, 3.63) is 12.2 Å². The zero-order valence-electron chi connectivity index (χ0n) is 35.2. The van der Waals surface area contributed by atoms with Gasteiger partial charge in [-0.05, 0) is 38.5 Å². The van der Waals surface area contributed by atoms with E-state index in [4.69, 9.17) is 0 Å². The van der Waals surface area contributed by atoms with E-state index in [1.54, 1.807) is 0 Å². The Balaban J connectivity index is 3.59. The van der Waals surface area contributed by atoms with Crippen LogP contribution in [-0.2, 0) is 4.79 Å². The summed E-state index contributed by atoms with van der Waals surface area (Å²) in [6.45, 7) is 4.28. The molecule has 0 spiro atoms. The lowest BCUT2D eigenvalue weighted by atomic mass is 10.0. The highest BCUT2D eigenvalue weighted by Gasteiger charge is 2.21. The molecule has 0 heterocycles. The third-order valence-corrected chi connectivity index (χ3v) is 11.1. The van der Waals surface area contributed by atoms with Crippen LogP contribution in [-0.4, -0.2) is 46.1 Å². The van der Waals surface area contributed by atoms with Gasteiger partial charge in [-0.3, -0.25) is 4.79 Å². The minimum atomic E-state index is -0.748. The third kappa shape index (κ3) is 38.8. The molecule has 0 bridgehead atoms. The van der Waals surface area contributed by atoms with Gasteiger partial charge in [-0.15, -0.1) is 0 Å². The first-order valence-electron chi connectivity index (χ1n) is 23.5. The summed E-state index contributed by atoms with van der Waals surface area (Å²) in [6, 6.07) is -0.658. The lowest BCUT2D eigenvalue weighted by Crippen LogP contribution is -2.46. The summed E-state index contributed by atoms with van der Waals surface area (Å²) >= 11 is 0. The second kappa shape index (κ2) is 42.8. The van der Waals surface area contributed by atoms with Crippen LogP contribution in [0.15, 0.2) is 12.2 Å². The average molecular weight is 736 g/mol. The fourth-order valence-electron chi connectivity index (χ4n) is 7.46. The van der Waals surface area contributed by atoms with E-state index in [0.717, 1.165) is 32.1 Å². The Labute approximate surface area is 325 Å². The van der Waals surface area contributed by atoms with Crippen LogP contribution in [0.2, 0.25) is 0 Å². The molecule has 0 rings (SSSR count). The number of aliphatic hydroxyl groups is 3. The standard InChI is InChI=1S/C47H93NO4/c1-3-5-7-9-11-13-15-17-19-21-23-24-26-28-30-32-34-36-38-40-44(50)42-47(52)48-45(43-49)46(51)41-39-37-35-33-31-29-27-25-22-20-18-16-14-12-10-8-6-4-2/h24,26,44-46,49-51H,3-23,25,27-43H2,1-2H3,(H,48,52)/b26-24-. The number of rotatable bonds is 43. The molecular weight excluding hydrogens is 643 g/mol. The number of hydrogen-bond acceptors (Lipinski definition) is 4. The van der Waals surface area contributed by atoms with Crippen molar-refractivity contribution in [2.75, 3.05) is 6.61 Å². The van der Waals surface area contributed by atoms with Gasteiger partial charge in [0.25, 0.3) is 0 Å². The molecule has 0 aliphatic carbocycles. The first kappa shape index (κ1) is 51.1. The number of carbonyl (C=O) groups excluding carboxylic acids is 1. The molecule has 0 fully saturated rings. The van der Waals surface area contributed by atoms with E-state index in [-0.39, 0.29) is 18.9 Å². The van der Waals surface area contributed by atoms with Gasteiger partial charge in [-0.25, -0.2) is 0 Å². The molecule has 0 aromatic rings. The monoisotopic (exact) mass is 736 g/mol. The van der Waals surface area contributed by atoms with Crippen LogP contribution in [0.5, 0.6) is 0 Å². The van der Waals surface area contributed by atoms with Gasteiger partial charge >= 0.3 is 0 Å². The molecule has 0 aromatic heterocycles. The summed E-state index contributed by atoms with van der Waals surface area (Å²) in [5.41, 5.74) is 0. The molecule has 3 atom stereocenters. The molecule has 5 nitrogen and oxygen atoms in total. The number of aliphatic hydroxyl groups excluding tert-OH is 3.